The van der Waals surface area contributed by atoms with E-state index in [0.717, 1.165) is 49.0 Å². The number of carbonyl (C=O) groups is 2. The number of nitrogens with zero attached hydrogens (tertiary/aromatic N) is 3. The van der Waals surface area contributed by atoms with Gasteiger partial charge in [-0.15, -0.1) is 28.1 Å². The summed E-state index contributed by atoms with van der Waals surface area (Å²) in [5.41, 5.74) is 3.89. The van der Waals surface area contributed by atoms with Crippen molar-refractivity contribution in [3.63, 3.8) is 0 Å². The number of nitrogens with one attached hydrogen (secondary N) is 1. The van der Waals surface area contributed by atoms with E-state index in [-0.39, 0.29) is 17.8 Å². The number of thioether (sulfide) groups is 1. The van der Waals surface area contributed by atoms with Gasteiger partial charge in [-0.2, -0.15) is 0 Å². The second-order valence-corrected chi connectivity index (χ2v) is 11.7. The highest BCUT2D eigenvalue weighted by molar-refractivity contribution is 7.99. The number of esters is 1. The number of carbonyl (C=O) groups excluding carboxylic acids is 2. The van der Waals surface area contributed by atoms with E-state index in [9.17, 15) is 9.59 Å². The average Bonchev–Trinajstić information content (AvgIpc) is 3.45. The summed E-state index contributed by atoms with van der Waals surface area (Å²) in [4.78, 5) is 26.9. The first-order valence-corrected chi connectivity index (χ1v) is 15.1. The van der Waals surface area contributed by atoms with Gasteiger partial charge in [0.05, 0.1) is 18.4 Å². The van der Waals surface area contributed by atoms with Crippen molar-refractivity contribution in [1.29, 1.82) is 0 Å². The van der Waals surface area contributed by atoms with E-state index < -0.39 is 5.97 Å². The number of aryl methyl sites for hydroxylation is 3. The first-order chi connectivity index (χ1) is 18.8. The summed E-state index contributed by atoms with van der Waals surface area (Å²) in [5, 5.41) is 12.9. The van der Waals surface area contributed by atoms with Crippen LogP contribution in [0.15, 0.2) is 36.0 Å². The lowest BCUT2D eigenvalue weighted by Crippen LogP contribution is -2.17. The summed E-state index contributed by atoms with van der Waals surface area (Å²) >= 11 is 2.78. The largest absolute Gasteiger partial charge is 0.483 e. The minimum absolute atomic E-state index is 0.116. The number of benzene rings is 1. The molecule has 1 N–H and O–H groups in total. The van der Waals surface area contributed by atoms with E-state index in [1.54, 1.807) is 6.08 Å². The summed E-state index contributed by atoms with van der Waals surface area (Å²) in [7, 11) is 1.38. The third-order valence-corrected chi connectivity index (χ3v) is 9.03. The molecule has 0 fully saturated rings. The number of hydrogen-bond acceptors (Lipinski definition) is 8. The van der Waals surface area contributed by atoms with E-state index in [0.29, 0.717) is 28.1 Å². The van der Waals surface area contributed by atoms with E-state index in [1.165, 1.54) is 47.1 Å². The summed E-state index contributed by atoms with van der Waals surface area (Å²) < 4.78 is 13.1. The van der Waals surface area contributed by atoms with E-state index in [4.69, 9.17) is 9.47 Å². The smallest absolute Gasteiger partial charge is 0.341 e. The van der Waals surface area contributed by atoms with Crippen LogP contribution in [0.5, 0.6) is 5.75 Å². The number of anilines is 1. The Morgan fingerprint density at radius 3 is 2.67 bits per heavy atom. The second-order valence-electron chi connectivity index (χ2n) is 9.70. The molecular formula is C29H36N4O4S2. The normalized spacial score (nSPS) is 14.1. The Balaban J connectivity index is 1.47. The van der Waals surface area contributed by atoms with Crippen molar-refractivity contribution in [2.24, 2.45) is 0 Å². The van der Waals surface area contributed by atoms with Crippen molar-refractivity contribution in [3.05, 3.63) is 63.8 Å². The SMILES string of the molecule is C=CCn1c(SCC(=O)Nc2sc3c(c2C(=O)OC)CCCCCC3)nnc1C(C)Oc1ccc(C)c(C)c1. The van der Waals surface area contributed by atoms with Gasteiger partial charge in [-0.05, 0) is 75.3 Å². The Bertz CT molecular complexity index is 1350. The van der Waals surface area contributed by atoms with Crippen LogP contribution in [-0.4, -0.2) is 39.5 Å². The number of methoxy groups -OCH3 is 1. The Labute approximate surface area is 238 Å². The number of allylic oxidation sites excluding steroid dienone is 1. The molecule has 0 saturated carbocycles. The fraction of sp³-hybridized carbons (Fsp3) is 0.448. The molecule has 10 heteroatoms. The van der Waals surface area contributed by atoms with Gasteiger partial charge in [0.1, 0.15) is 10.8 Å². The number of thiophene rings is 1. The van der Waals surface area contributed by atoms with Crippen molar-refractivity contribution in [2.75, 3.05) is 18.2 Å². The topological polar surface area (TPSA) is 95.3 Å². The Morgan fingerprint density at radius 1 is 1.18 bits per heavy atom. The fourth-order valence-electron chi connectivity index (χ4n) is 4.67. The van der Waals surface area contributed by atoms with E-state index in [1.807, 2.05) is 29.7 Å². The van der Waals surface area contributed by atoms with Crippen LogP contribution in [0.4, 0.5) is 5.00 Å². The highest BCUT2D eigenvalue weighted by Crippen LogP contribution is 2.38. The van der Waals surface area contributed by atoms with Gasteiger partial charge in [0.2, 0.25) is 5.91 Å². The van der Waals surface area contributed by atoms with Crippen LogP contribution in [0.2, 0.25) is 0 Å². The third-order valence-electron chi connectivity index (χ3n) is 6.86. The predicted octanol–water partition coefficient (Wildman–Crippen LogP) is 6.46. The molecule has 2 aromatic heterocycles. The molecule has 0 radical (unpaired) electrons. The zero-order valence-corrected chi connectivity index (χ0v) is 24.7. The Morgan fingerprint density at radius 2 is 1.95 bits per heavy atom. The number of amides is 1. The molecule has 1 aliphatic rings. The molecular weight excluding hydrogens is 532 g/mol. The maximum Gasteiger partial charge on any atom is 0.341 e. The molecule has 0 spiro atoms. The lowest BCUT2D eigenvalue weighted by Gasteiger charge is -2.16. The molecule has 8 nitrogen and oxygen atoms in total. The zero-order valence-electron chi connectivity index (χ0n) is 23.0. The van der Waals surface area contributed by atoms with Gasteiger partial charge in [-0.1, -0.05) is 36.7 Å². The number of hydrogen-bond donors (Lipinski definition) is 1. The van der Waals surface area contributed by atoms with Gasteiger partial charge >= 0.3 is 5.97 Å². The molecule has 1 atom stereocenters. The van der Waals surface area contributed by atoms with Gasteiger partial charge in [-0.3, -0.25) is 9.36 Å². The van der Waals surface area contributed by atoms with Gasteiger partial charge < -0.3 is 14.8 Å². The van der Waals surface area contributed by atoms with Gasteiger partial charge in [0, 0.05) is 11.4 Å². The van der Waals surface area contributed by atoms with Crippen LogP contribution >= 0.6 is 23.1 Å². The van der Waals surface area contributed by atoms with Crippen molar-refractivity contribution < 1.29 is 19.1 Å². The van der Waals surface area contributed by atoms with Crippen LogP contribution in [0, 0.1) is 13.8 Å². The average molecular weight is 569 g/mol. The molecule has 2 heterocycles. The fourth-order valence-corrected chi connectivity index (χ4v) is 6.72. The summed E-state index contributed by atoms with van der Waals surface area (Å²) in [6.45, 7) is 10.4. The van der Waals surface area contributed by atoms with Gasteiger partial charge in [-0.25, -0.2) is 4.79 Å². The van der Waals surface area contributed by atoms with E-state index in [2.05, 4.69) is 35.9 Å². The highest BCUT2D eigenvalue weighted by atomic mass is 32.2. The quantitative estimate of drug-likeness (QED) is 0.170. The molecule has 0 bridgehead atoms. The first kappa shape index (κ1) is 28.9. The van der Waals surface area contributed by atoms with Crippen LogP contribution in [0.25, 0.3) is 0 Å². The number of aromatic nitrogens is 3. The van der Waals surface area contributed by atoms with Crippen LogP contribution < -0.4 is 10.1 Å². The summed E-state index contributed by atoms with van der Waals surface area (Å²) in [6.07, 6.45) is 7.62. The standard InChI is InChI=1S/C29H36N4O4S2/c1-6-15-33-26(20(4)37-21-14-13-18(2)19(3)16-21)31-32-29(33)38-17-24(34)30-27-25(28(35)36-5)22-11-9-7-8-10-12-23(22)39-27/h6,13-14,16,20H,1,7-12,15,17H2,2-5H3,(H,30,34). The van der Waals surface area contributed by atoms with E-state index >= 15 is 0 Å². The van der Waals surface area contributed by atoms with Crippen molar-refractivity contribution in [2.45, 2.75) is 77.1 Å². The molecule has 1 aliphatic carbocycles. The molecule has 1 amide bonds. The second kappa shape index (κ2) is 13.3. The zero-order chi connectivity index (χ0) is 27.9. The molecule has 1 unspecified atom stereocenters. The molecule has 39 heavy (non-hydrogen) atoms. The molecule has 1 aromatic carbocycles. The Kier molecular flexibility index (Phi) is 9.85. The minimum atomic E-state index is -0.399. The molecule has 0 aliphatic heterocycles. The Hall–Kier alpha value is -3.11. The third kappa shape index (κ3) is 6.91. The van der Waals surface area contributed by atoms with Crippen molar-refractivity contribution >= 4 is 40.0 Å². The van der Waals surface area contributed by atoms with Crippen LogP contribution in [-0.2, 0) is 28.9 Å². The predicted molar refractivity (Wildman–Crippen MR) is 156 cm³/mol. The maximum absolute atomic E-state index is 13.0. The van der Waals surface area contributed by atoms with Crippen LogP contribution in [0.1, 0.15) is 76.5 Å². The van der Waals surface area contributed by atoms with Gasteiger partial charge in [0.25, 0.3) is 0 Å². The summed E-state index contributed by atoms with van der Waals surface area (Å²) in [5.74, 6) is 0.920. The van der Waals surface area contributed by atoms with Crippen molar-refractivity contribution in [3.8, 4) is 5.75 Å². The molecule has 208 valence electrons. The highest BCUT2D eigenvalue weighted by Gasteiger charge is 2.26. The van der Waals surface area contributed by atoms with Crippen molar-refractivity contribution in [1.82, 2.24) is 14.8 Å². The number of rotatable bonds is 10. The number of fused-ring (bicyclic) bond motifs is 1. The maximum atomic E-state index is 13.0. The lowest BCUT2D eigenvalue weighted by molar-refractivity contribution is -0.113. The molecule has 3 aromatic rings. The summed E-state index contributed by atoms with van der Waals surface area (Å²) in [6, 6.07) is 5.99. The van der Waals surface area contributed by atoms with Crippen LogP contribution in [0.3, 0.4) is 0 Å². The number of ether oxygens (including phenoxy) is 2. The van der Waals surface area contributed by atoms with Gasteiger partial charge in [0.15, 0.2) is 17.1 Å². The molecule has 4 rings (SSSR count). The first-order valence-electron chi connectivity index (χ1n) is 13.3. The minimum Gasteiger partial charge on any atom is -0.483 e. The monoisotopic (exact) mass is 568 g/mol. The lowest BCUT2D eigenvalue weighted by atomic mass is 9.96. The molecule has 0 saturated heterocycles.